The average Bonchev–Trinajstić information content (AvgIpc) is 2.72. The number of nitrogens with one attached hydrogen (secondary N) is 1. The first-order valence-electron chi connectivity index (χ1n) is 5.76. The Morgan fingerprint density at radius 1 is 1.33 bits per heavy atom. The molecule has 0 radical (unpaired) electrons. The molecule has 1 aliphatic heterocycles. The van der Waals surface area contributed by atoms with Gasteiger partial charge >= 0.3 is 0 Å². The van der Waals surface area contributed by atoms with Gasteiger partial charge in [-0.3, -0.25) is 0 Å². The van der Waals surface area contributed by atoms with Crippen LogP contribution in [0.5, 0.6) is 5.75 Å². The van der Waals surface area contributed by atoms with E-state index in [2.05, 4.69) is 23.5 Å². The lowest BCUT2D eigenvalue weighted by Gasteiger charge is -2.28. The molecule has 1 heterocycles. The Morgan fingerprint density at radius 3 is 3.13 bits per heavy atom. The minimum atomic E-state index is 0.689. The molecule has 80 valence electrons. The first kappa shape index (κ1) is 9.22. The van der Waals surface area contributed by atoms with Crippen molar-refractivity contribution in [1.29, 1.82) is 0 Å². The van der Waals surface area contributed by atoms with Gasteiger partial charge in [0.05, 0.1) is 7.11 Å². The topological polar surface area (TPSA) is 21.3 Å². The van der Waals surface area contributed by atoms with Crippen LogP contribution >= 0.6 is 0 Å². The zero-order valence-corrected chi connectivity index (χ0v) is 9.12. The molecule has 0 aromatic heterocycles. The molecule has 1 aromatic rings. The lowest BCUT2D eigenvalue weighted by molar-refractivity contribution is 0.381. The van der Waals surface area contributed by atoms with Crippen molar-refractivity contribution in [2.24, 2.45) is 5.92 Å². The largest absolute Gasteiger partial charge is 0.496 e. The summed E-state index contributed by atoms with van der Waals surface area (Å²) in [6, 6.07) is 7.13. The quantitative estimate of drug-likeness (QED) is 0.751. The maximum absolute atomic E-state index is 5.43. The SMILES string of the molecule is COc1cccc2c1C[C@H]1NCC[C@H]1C2. The van der Waals surface area contributed by atoms with Crippen molar-refractivity contribution in [3.63, 3.8) is 0 Å². The van der Waals surface area contributed by atoms with Gasteiger partial charge in [0.25, 0.3) is 0 Å². The molecule has 1 aromatic carbocycles. The summed E-state index contributed by atoms with van der Waals surface area (Å²) in [7, 11) is 1.77. The van der Waals surface area contributed by atoms with E-state index < -0.39 is 0 Å². The molecule has 2 nitrogen and oxygen atoms in total. The predicted molar refractivity (Wildman–Crippen MR) is 60.3 cm³/mol. The Bertz CT molecular complexity index is 375. The normalized spacial score (nSPS) is 28.3. The lowest BCUT2D eigenvalue weighted by Crippen LogP contribution is -2.34. The van der Waals surface area contributed by atoms with Gasteiger partial charge in [-0.2, -0.15) is 0 Å². The van der Waals surface area contributed by atoms with E-state index in [-0.39, 0.29) is 0 Å². The number of rotatable bonds is 1. The summed E-state index contributed by atoms with van der Waals surface area (Å²) >= 11 is 0. The molecule has 1 saturated heterocycles. The zero-order chi connectivity index (χ0) is 10.3. The maximum atomic E-state index is 5.43. The molecular formula is C13H17NO. The van der Waals surface area contributed by atoms with E-state index >= 15 is 0 Å². The summed E-state index contributed by atoms with van der Waals surface area (Å²) in [5.74, 6) is 1.92. The minimum Gasteiger partial charge on any atom is -0.496 e. The molecule has 0 bridgehead atoms. The fourth-order valence-corrected chi connectivity index (χ4v) is 3.03. The zero-order valence-electron chi connectivity index (χ0n) is 9.12. The standard InChI is InChI=1S/C13H17NO/c1-15-13-4-2-3-9-7-10-5-6-14-12(10)8-11(9)13/h2-4,10,12,14H,5-8H2,1H3/t10-,12+/m0/s1. The number of hydrogen-bond donors (Lipinski definition) is 1. The van der Waals surface area contributed by atoms with Crippen LogP contribution in [0.4, 0.5) is 0 Å². The fourth-order valence-electron chi connectivity index (χ4n) is 3.03. The first-order chi connectivity index (χ1) is 7.38. The molecule has 3 rings (SSSR count). The molecule has 1 fully saturated rings. The number of hydrogen-bond acceptors (Lipinski definition) is 2. The second-order valence-electron chi connectivity index (χ2n) is 4.62. The molecule has 2 heteroatoms. The van der Waals surface area contributed by atoms with Crippen LogP contribution in [0.3, 0.4) is 0 Å². The van der Waals surface area contributed by atoms with Crippen LogP contribution in [-0.4, -0.2) is 19.7 Å². The van der Waals surface area contributed by atoms with Gasteiger partial charge in [-0.1, -0.05) is 12.1 Å². The second-order valence-corrected chi connectivity index (χ2v) is 4.62. The van der Waals surface area contributed by atoms with Crippen molar-refractivity contribution in [2.75, 3.05) is 13.7 Å². The van der Waals surface area contributed by atoms with Crippen LogP contribution in [0.15, 0.2) is 18.2 Å². The Hall–Kier alpha value is -1.02. The smallest absolute Gasteiger partial charge is 0.122 e. The van der Waals surface area contributed by atoms with Gasteiger partial charge in [0, 0.05) is 6.04 Å². The fraction of sp³-hybridized carbons (Fsp3) is 0.538. The monoisotopic (exact) mass is 203 g/mol. The van der Waals surface area contributed by atoms with Crippen molar-refractivity contribution in [3.05, 3.63) is 29.3 Å². The van der Waals surface area contributed by atoms with Crippen LogP contribution in [0.1, 0.15) is 17.5 Å². The minimum absolute atomic E-state index is 0.689. The molecule has 0 amide bonds. The van der Waals surface area contributed by atoms with Crippen LogP contribution in [0.2, 0.25) is 0 Å². The average molecular weight is 203 g/mol. The van der Waals surface area contributed by atoms with Gasteiger partial charge in [0.15, 0.2) is 0 Å². The first-order valence-corrected chi connectivity index (χ1v) is 5.76. The summed E-state index contributed by atoms with van der Waals surface area (Å²) in [6.07, 6.45) is 3.70. The van der Waals surface area contributed by atoms with Crippen LogP contribution in [0, 0.1) is 5.92 Å². The summed E-state index contributed by atoms with van der Waals surface area (Å²) in [5, 5.41) is 3.60. The molecule has 2 aliphatic rings. The lowest BCUT2D eigenvalue weighted by atomic mass is 9.80. The highest BCUT2D eigenvalue weighted by Crippen LogP contribution is 2.35. The van der Waals surface area contributed by atoms with E-state index in [9.17, 15) is 0 Å². The third kappa shape index (κ3) is 1.44. The number of methoxy groups -OCH3 is 1. The Kier molecular flexibility index (Phi) is 2.17. The Morgan fingerprint density at radius 2 is 2.27 bits per heavy atom. The van der Waals surface area contributed by atoms with E-state index in [0.29, 0.717) is 6.04 Å². The summed E-state index contributed by atoms with van der Waals surface area (Å²) < 4.78 is 5.43. The van der Waals surface area contributed by atoms with Crippen molar-refractivity contribution in [3.8, 4) is 5.75 Å². The molecule has 0 spiro atoms. The molecule has 1 aliphatic carbocycles. The van der Waals surface area contributed by atoms with Crippen LogP contribution < -0.4 is 10.1 Å². The highest BCUT2D eigenvalue weighted by atomic mass is 16.5. The van der Waals surface area contributed by atoms with E-state index in [0.717, 1.165) is 18.1 Å². The second kappa shape index (κ2) is 3.53. The molecule has 0 unspecified atom stereocenters. The number of fused-ring (bicyclic) bond motifs is 2. The predicted octanol–water partition coefficient (Wildman–Crippen LogP) is 1.77. The Labute approximate surface area is 90.6 Å². The third-order valence-electron chi connectivity index (χ3n) is 3.85. The third-order valence-corrected chi connectivity index (χ3v) is 3.85. The molecule has 2 atom stereocenters. The number of benzene rings is 1. The highest BCUT2D eigenvalue weighted by molar-refractivity contribution is 5.43. The van der Waals surface area contributed by atoms with Crippen molar-refractivity contribution >= 4 is 0 Å². The van der Waals surface area contributed by atoms with E-state index in [1.807, 2.05) is 0 Å². The van der Waals surface area contributed by atoms with Crippen molar-refractivity contribution < 1.29 is 4.74 Å². The van der Waals surface area contributed by atoms with Gasteiger partial charge in [-0.05, 0) is 48.9 Å². The van der Waals surface area contributed by atoms with Gasteiger partial charge in [0.1, 0.15) is 5.75 Å². The van der Waals surface area contributed by atoms with E-state index in [1.165, 1.54) is 30.5 Å². The maximum Gasteiger partial charge on any atom is 0.122 e. The highest BCUT2D eigenvalue weighted by Gasteiger charge is 2.32. The van der Waals surface area contributed by atoms with Crippen LogP contribution in [0.25, 0.3) is 0 Å². The summed E-state index contributed by atoms with van der Waals surface area (Å²) in [5.41, 5.74) is 2.93. The molecular weight excluding hydrogens is 186 g/mol. The van der Waals surface area contributed by atoms with Crippen molar-refractivity contribution in [1.82, 2.24) is 5.32 Å². The summed E-state index contributed by atoms with van der Waals surface area (Å²) in [4.78, 5) is 0. The molecule has 15 heavy (non-hydrogen) atoms. The molecule has 0 saturated carbocycles. The molecule has 1 N–H and O–H groups in total. The van der Waals surface area contributed by atoms with Crippen molar-refractivity contribution in [2.45, 2.75) is 25.3 Å². The van der Waals surface area contributed by atoms with Gasteiger partial charge in [-0.25, -0.2) is 0 Å². The van der Waals surface area contributed by atoms with E-state index in [1.54, 1.807) is 7.11 Å². The van der Waals surface area contributed by atoms with Crippen LogP contribution in [-0.2, 0) is 12.8 Å². The van der Waals surface area contributed by atoms with Gasteiger partial charge in [-0.15, -0.1) is 0 Å². The van der Waals surface area contributed by atoms with E-state index in [4.69, 9.17) is 4.74 Å². The Balaban J connectivity index is 1.99. The van der Waals surface area contributed by atoms with Gasteiger partial charge < -0.3 is 10.1 Å². The van der Waals surface area contributed by atoms with Gasteiger partial charge in [0.2, 0.25) is 0 Å². The summed E-state index contributed by atoms with van der Waals surface area (Å²) in [6.45, 7) is 1.19. The number of ether oxygens (including phenoxy) is 1.